The van der Waals surface area contributed by atoms with E-state index in [0.29, 0.717) is 13.1 Å². The molecule has 0 saturated carbocycles. The summed E-state index contributed by atoms with van der Waals surface area (Å²) in [7, 11) is -3.59. The van der Waals surface area contributed by atoms with Crippen LogP contribution in [0, 0.1) is 5.82 Å². The molecule has 0 aliphatic heterocycles. The molecule has 0 saturated heterocycles. The second-order valence-electron chi connectivity index (χ2n) is 3.62. The van der Waals surface area contributed by atoms with Crippen molar-refractivity contribution in [2.24, 2.45) is 0 Å². The standard InChI is InChI=1S/C10H16FN3O2S/c1-3-12-6-8(2)17(15,16)14-10-4-5-13-7-9(10)11/h4-5,7-8,12H,3,6H2,1-2H3,(H,13,14). The first-order valence-electron chi connectivity index (χ1n) is 5.29. The van der Waals surface area contributed by atoms with Crippen LogP contribution >= 0.6 is 0 Å². The minimum absolute atomic E-state index is 0.0802. The number of rotatable bonds is 6. The van der Waals surface area contributed by atoms with Crippen LogP contribution in [0.5, 0.6) is 0 Å². The van der Waals surface area contributed by atoms with Gasteiger partial charge in [-0.3, -0.25) is 9.71 Å². The van der Waals surface area contributed by atoms with Gasteiger partial charge in [0.1, 0.15) is 0 Å². The van der Waals surface area contributed by atoms with Crippen LogP contribution in [-0.4, -0.2) is 31.7 Å². The van der Waals surface area contributed by atoms with Gasteiger partial charge in [-0.05, 0) is 19.5 Å². The zero-order valence-electron chi connectivity index (χ0n) is 9.77. The Bertz CT molecular complexity index is 464. The minimum Gasteiger partial charge on any atom is -0.316 e. The summed E-state index contributed by atoms with van der Waals surface area (Å²) in [5.74, 6) is -0.688. The maximum Gasteiger partial charge on any atom is 0.236 e. The van der Waals surface area contributed by atoms with Crippen LogP contribution in [0.4, 0.5) is 10.1 Å². The van der Waals surface area contributed by atoms with E-state index in [1.807, 2.05) is 6.92 Å². The molecular formula is C10H16FN3O2S. The molecule has 0 aliphatic rings. The van der Waals surface area contributed by atoms with Crippen molar-refractivity contribution in [3.05, 3.63) is 24.3 Å². The molecule has 1 heterocycles. The maximum atomic E-state index is 13.2. The minimum atomic E-state index is -3.59. The van der Waals surface area contributed by atoms with Crippen molar-refractivity contribution < 1.29 is 12.8 Å². The van der Waals surface area contributed by atoms with E-state index in [4.69, 9.17) is 0 Å². The van der Waals surface area contributed by atoms with Crippen LogP contribution in [0.15, 0.2) is 18.5 Å². The molecule has 0 amide bonds. The van der Waals surface area contributed by atoms with Crippen molar-refractivity contribution in [3.8, 4) is 0 Å². The second-order valence-corrected chi connectivity index (χ2v) is 5.72. The number of halogens is 1. The second kappa shape index (κ2) is 5.92. The van der Waals surface area contributed by atoms with E-state index in [1.165, 1.54) is 12.3 Å². The smallest absolute Gasteiger partial charge is 0.236 e. The van der Waals surface area contributed by atoms with Gasteiger partial charge in [-0.25, -0.2) is 12.8 Å². The summed E-state index contributed by atoms with van der Waals surface area (Å²) in [6.07, 6.45) is 2.29. The Kier molecular flexibility index (Phi) is 4.83. The lowest BCUT2D eigenvalue weighted by Crippen LogP contribution is -2.34. The van der Waals surface area contributed by atoms with Gasteiger partial charge >= 0.3 is 0 Å². The third-order valence-corrected chi connectivity index (χ3v) is 3.97. The van der Waals surface area contributed by atoms with Gasteiger partial charge in [0.25, 0.3) is 0 Å². The van der Waals surface area contributed by atoms with Crippen LogP contribution in [0.3, 0.4) is 0 Å². The molecule has 1 unspecified atom stereocenters. The van der Waals surface area contributed by atoms with Crippen LogP contribution in [0.25, 0.3) is 0 Å². The Morgan fingerprint density at radius 1 is 1.53 bits per heavy atom. The van der Waals surface area contributed by atoms with Crippen molar-refractivity contribution in [2.45, 2.75) is 19.1 Å². The number of hydrogen-bond acceptors (Lipinski definition) is 4. The third kappa shape index (κ3) is 3.94. The highest BCUT2D eigenvalue weighted by Crippen LogP contribution is 2.14. The number of anilines is 1. The summed E-state index contributed by atoms with van der Waals surface area (Å²) in [5, 5.41) is 2.29. The largest absolute Gasteiger partial charge is 0.316 e. The first kappa shape index (κ1) is 13.9. The number of pyridine rings is 1. The molecule has 0 aliphatic carbocycles. The molecular weight excluding hydrogens is 245 g/mol. The van der Waals surface area contributed by atoms with Crippen molar-refractivity contribution in [1.82, 2.24) is 10.3 Å². The van der Waals surface area contributed by atoms with Crippen molar-refractivity contribution >= 4 is 15.7 Å². The predicted molar refractivity (Wildman–Crippen MR) is 64.7 cm³/mol. The van der Waals surface area contributed by atoms with E-state index in [9.17, 15) is 12.8 Å². The molecule has 0 spiro atoms. The molecule has 1 rings (SSSR count). The van der Waals surface area contributed by atoms with Gasteiger partial charge < -0.3 is 5.32 Å². The topological polar surface area (TPSA) is 71.1 Å². The predicted octanol–water partition coefficient (Wildman–Crippen LogP) is 0.960. The van der Waals surface area contributed by atoms with Gasteiger partial charge in [-0.2, -0.15) is 0 Å². The normalized spacial score (nSPS) is 13.4. The summed E-state index contributed by atoms with van der Waals surface area (Å²) in [6.45, 7) is 4.45. The summed E-state index contributed by atoms with van der Waals surface area (Å²) in [4.78, 5) is 3.55. The molecule has 1 aromatic heterocycles. The fourth-order valence-corrected chi connectivity index (χ4v) is 2.18. The average molecular weight is 261 g/mol. The van der Waals surface area contributed by atoms with Gasteiger partial charge in [0.15, 0.2) is 5.82 Å². The Morgan fingerprint density at radius 3 is 2.82 bits per heavy atom. The molecule has 0 bridgehead atoms. The van der Waals surface area contributed by atoms with E-state index in [2.05, 4.69) is 15.0 Å². The van der Waals surface area contributed by atoms with Gasteiger partial charge in [0.05, 0.1) is 17.1 Å². The Hall–Kier alpha value is -1.21. The van der Waals surface area contributed by atoms with E-state index in [0.717, 1.165) is 6.20 Å². The Labute approximate surface area is 101 Å². The van der Waals surface area contributed by atoms with E-state index in [1.54, 1.807) is 6.92 Å². The van der Waals surface area contributed by atoms with E-state index >= 15 is 0 Å². The summed E-state index contributed by atoms with van der Waals surface area (Å²) in [5.41, 5.74) is -0.0802. The van der Waals surface area contributed by atoms with Crippen LogP contribution in [0.1, 0.15) is 13.8 Å². The number of sulfonamides is 1. The highest BCUT2D eigenvalue weighted by atomic mass is 32.2. The fourth-order valence-electron chi connectivity index (χ4n) is 1.17. The van der Waals surface area contributed by atoms with Crippen LogP contribution in [0.2, 0.25) is 0 Å². The molecule has 7 heteroatoms. The molecule has 17 heavy (non-hydrogen) atoms. The lowest BCUT2D eigenvalue weighted by atomic mass is 10.4. The number of nitrogens with zero attached hydrogens (tertiary/aromatic N) is 1. The van der Waals surface area contributed by atoms with Gasteiger partial charge in [0, 0.05) is 12.7 Å². The van der Waals surface area contributed by atoms with Crippen molar-refractivity contribution in [3.63, 3.8) is 0 Å². The maximum absolute atomic E-state index is 13.2. The zero-order chi connectivity index (χ0) is 12.9. The molecule has 0 radical (unpaired) electrons. The van der Waals surface area contributed by atoms with E-state index in [-0.39, 0.29) is 5.69 Å². The van der Waals surface area contributed by atoms with Gasteiger partial charge in [0.2, 0.25) is 10.0 Å². The summed E-state index contributed by atoms with van der Waals surface area (Å²) >= 11 is 0. The summed E-state index contributed by atoms with van der Waals surface area (Å²) < 4.78 is 39.1. The first-order chi connectivity index (χ1) is 7.97. The highest BCUT2D eigenvalue weighted by molar-refractivity contribution is 7.93. The molecule has 96 valence electrons. The Morgan fingerprint density at radius 2 is 2.24 bits per heavy atom. The van der Waals surface area contributed by atoms with Gasteiger partial charge in [-0.1, -0.05) is 6.92 Å². The van der Waals surface area contributed by atoms with Crippen molar-refractivity contribution in [1.29, 1.82) is 0 Å². The first-order valence-corrected chi connectivity index (χ1v) is 6.84. The van der Waals surface area contributed by atoms with E-state index < -0.39 is 21.1 Å². The molecule has 0 fully saturated rings. The Balaban J connectivity index is 2.76. The monoisotopic (exact) mass is 261 g/mol. The SMILES string of the molecule is CCNCC(C)S(=O)(=O)Nc1ccncc1F. The molecule has 1 aromatic rings. The van der Waals surface area contributed by atoms with Crippen LogP contribution in [-0.2, 0) is 10.0 Å². The molecule has 1 atom stereocenters. The number of aromatic nitrogens is 1. The lowest BCUT2D eigenvalue weighted by molar-refractivity contribution is 0.577. The zero-order valence-corrected chi connectivity index (χ0v) is 10.6. The quantitative estimate of drug-likeness (QED) is 0.800. The summed E-state index contributed by atoms with van der Waals surface area (Å²) in [6, 6.07) is 1.28. The number of nitrogens with one attached hydrogen (secondary N) is 2. The van der Waals surface area contributed by atoms with Gasteiger partial charge in [-0.15, -0.1) is 0 Å². The van der Waals surface area contributed by atoms with Crippen LogP contribution < -0.4 is 10.0 Å². The lowest BCUT2D eigenvalue weighted by Gasteiger charge is -2.15. The molecule has 2 N–H and O–H groups in total. The highest BCUT2D eigenvalue weighted by Gasteiger charge is 2.21. The average Bonchev–Trinajstić information content (AvgIpc) is 2.28. The number of hydrogen-bond donors (Lipinski definition) is 2. The van der Waals surface area contributed by atoms with Crippen molar-refractivity contribution in [2.75, 3.05) is 17.8 Å². The molecule has 5 nitrogen and oxygen atoms in total. The molecule has 0 aromatic carbocycles. The fraction of sp³-hybridized carbons (Fsp3) is 0.500. The third-order valence-electron chi connectivity index (χ3n) is 2.24.